The molecule has 0 spiro atoms. The van der Waals surface area contributed by atoms with Gasteiger partial charge < -0.3 is 15.2 Å². The Morgan fingerprint density at radius 2 is 2.29 bits per heavy atom. The minimum absolute atomic E-state index is 0.394. The lowest BCUT2D eigenvalue weighted by atomic mass is 10.1. The first-order valence-corrected chi connectivity index (χ1v) is 5.25. The number of hydrogen-bond acceptors (Lipinski definition) is 3. The van der Waals surface area contributed by atoms with Crippen LogP contribution in [0.3, 0.4) is 0 Å². The standard InChI is InChI=1S/C11H23NO2/c1-4-6-7-10(5-2)12-8-11(13)9-14-3/h4,10-13H,1,5-9H2,2-3H3. The molecule has 0 aromatic rings. The molecule has 2 N–H and O–H groups in total. The molecule has 0 fully saturated rings. The van der Waals surface area contributed by atoms with Crippen LogP contribution in [0.15, 0.2) is 12.7 Å². The number of aliphatic hydroxyl groups excluding tert-OH is 1. The van der Waals surface area contributed by atoms with E-state index in [0.717, 1.165) is 19.3 Å². The quantitative estimate of drug-likeness (QED) is 0.553. The maximum atomic E-state index is 9.41. The molecule has 14 heavy (non-hydrogen) atoms. The second kappa shape index (κ2) is 9.19. The number of rotatable bonds is 9. The van der Waals surface area contributed by atoms with Gasteiger partial charge in [0.1, 0.15) is 0 Å². The fourth-order valence-corrected chi connectivity index (χ4v) is 1.32. The fourth-order valence-electron chi connectivity index (χ4n) is 1.32. The summed E-state index contributed by atoms with van der Waals surface area (Å²) in [5, 5.41) is 12.7. The Labute approximate surface area is 87.2 Å². The van der Waals surface area contributed by atoms with Crippen molar-refractivity contribution >= 4 is 0 Å². The van der Waals surface area contributed by atoms with E-state index in [-0.39, 0.29) is 0 Å². The first kappa shape index (κ1) is 13.6. The van der Waals surface area contributed by atoms with Crippen LogP contribution in [0, 0.1) is 0 Å². The molecule has 0 rings (SSSR count). The zero-order valence-corrected chi connectivity index (χ0v) is 9.33. The Balaban J connectivity index is 3.54. The molecule has 0 aromatic carbocycles. The zero-order chi connectivity index (χ0) is 10.8. The van der Waals surface area contributed by atoms with Crippen LogP contribution in [0.25, 0.3) is 0 Å². The van der Waals surface area contributed by atoms with Gasteiger partial charge in [-0.05, 0) is 19.3 Å². The van der Waals surface area contributed by atoms with Crippen LogP contribution in [-0.2, 0) is 4.74 Å². The summed E-state index contributed by atoms with van der Waals surface area (Å²) < 4.78 is 4.84. The third kappa shape index (κ3) is 7.06. The van der Waals surface area contributed by atoms with Crippen molar-refractivity contribution in [2.45, 2.75) is 38.3 Å². The molecular formula is C11H23NO2. The van der Waals surface area contributed by atoms with Gasteiger partial charge in [0.2, 0.25) is 0 Å². The summed E-state index contributed by atoms with van der Waals surface area (Å²) in [6.07, 6.45) is 4.70. The highest BCUT2D eigenvalue weighted by molar-refractivity contribution is 4.74. The number of aliphatic hydroxyl groups is 1. The topological polar surface area (TPSA) is 41.5 Å². The van der Waals surface area contributed by atoms with Gasteiger partial charge >= 0.3 is 0 Å². The second-order valence-electron chi connectivity index (χ2n) is 3.49. The summed E-state index contributed by atoms with van der Waals surface area (Å²) in [4.78, 5) is 0. The average molecular weight is 201 g/mol. The zero-order valence-electron chi connectivity index (χ0n) is 9.33. The molecule has 0 amide bonds. The van der Waals surface area contributed by atoms with Gasteiger partial charge in [0, 0.05) is 19.7 Å². The summed E-state index contributed by atoms with van der Waals surface area (Å²) in [7, 11) is 1.60. The van der Waals surface area contributed by atoms with Crippen molar-refractivity contribution < 1.29 is 9.84 Å². The molecule has 0 aliphatic carbocycles. The molecule has 84 valence electrons. The molecule has 0 saturated carbocycles. The van der Waals surface area contributed by atoms with Crippen molar-refractivity contribution in [1.82, 2.24) is 5.32 Å². The minimum atomic E-state index is -0.405. The Bertz CT molecular complexity index is 139. The van der Waals surface area contributed by atoms with Crippen molar-refractivity contribution in [3.8, 4) is 0 Å². The van der Waals surface area contributed by atoms with E-state index in [1.165, 1.54) is 0 Å². The predicted molar refractivity (Wildman–Crippen MR) is 59.4 cm³/mol. The monoisotopic (exact) mass is 201 g/mol. The van der Waals surface area contributed by atoms with E-state index in [0.29, 0.717) is 19.2 Å². The molecular weight excluding hydrogens is 178 g/mol. The molecule has 2 atom stereocenters. The maximum absolute atomic E-state index is 9.41. The molecule has 0 radical (unpaired) electrons. The van der Waals surface area contributed by atoms with Crippen LogP contribution < -0.4 is 5.32 Å². The number of ether oxygens (including phenoxy) is 1. The predicted octanol–water partition coefficient (Wildman–Crippen LogP) is 1.33. The van der Waals surface area contributed by atoms with E-state index < -0.39 is 6.10 Å². The van der Waals surface area contributed by atoms with Crippen molar-refractivity contribution in [1.29, 1.82) is 0 Å². The Morgan fingerprint density at radius 1 is 1.57 bits per heavy atom. The first-order valence-electron chi connectivity index (χ1n) is 5.25. The number of hydrogen-bond donors (Lipinski definition) is 2. The smallest absolute Gasteiger partial charge is 0.0897 e. The molecule has 0 aromatic heterocycles. The normalized spacial score (nSPS) is 15.1. The lowest BCUT2D eigenvalue weighted by Gasteiger charge is -2.18. The van der Waals surface area contributed by atoms with Gasteiger partial charge in [-0.25, -0.2) is 0 Å². The van der Waals surface area contributed by atoms with Crippen LogP contribution in [0.4, 0.5) is 0 Å². The molecule has 2 unspecified atom stereocenters. The summed E-state index contributed by atoms with van der Waals surface area (Å²) >= 11 is 0. The minimum Gasteiger partial charge on any atom is -0.389 e. The van der Waals surface area contributed by atoms with Crippen LogP contribution in [-0.4, -0.2) is 37.5 Å². The van der Waals surface area contributed by atoms with Gasteiger partial charge in [0.15, 0.2) is 0 Å². The van der Waals surface area contributed by atoms with Gasteiger partial charge in [-0.3, -0.25) is 0 Å². The van der Waals surface area contributed by atoms with Gasteiger partial charge in [-0.15, -0.1) is 6.58 Å². The van der Waals surface area contributed by atoms with E-state index in [2.05, 4.69) is 18.8 Å². The van der Waals surface area contributed by atoms with Crippen LogP contribution in [0.5, 0.6) is 0 Å². The van der Waals surface area contributed by atoms with E-state index in [1.807, 2.05) is 6.08 Å². The Morgan fingerprint density at radius 3 is 2.79 bits per heavy atom. The average Bonchev–Trinajstić information content (AvgIpc) is 2.19. The highest BCUT2D eigenvalue weighted by Crippen LogP contribution is 2.01. The van der Waals surface area contributed by atoms with Gasteiger partial charge in [-0.2, -0.15) is 0 Å². The largest absolute Gasteiger partial charge is 0.389 e. The second-order valence-corrected chi connectivity index (χ2v) is 3.49. The number of nitrogens with one attached hydrogen (secondary N) is 1. The van der Waals surface area contributed by atoms with Crippen molar-refractivity contribution in [3.05, 3.63) is 12.7 Å². The van der Waals surface area contributed by atoms with E-state index in [4.69, 9.17) is 4.74 Å². The van der Waals surface area contributed by atoms with Crippen molar-refractivity contribution in [2.24, 2.45) is 0 Å². The fraction of sp³-hybridized carbons (Fsp3) is 0.818. The maximum Gasteiger partial charge on any atom is 0.0897 e. The number of allylic oxidation sites excluding steroid dienone is 1. The van der Waals surface area contributed by atoms with Crippen LogP contribution in [0.1, 0.15) is 26.2 Å². The SMILES string of the molecule is C=CCCC(CC)NCC(O)COC. The Hall–Kier alpha value is -0.380. The molecule has 0 bridgehead atoms. The summed E-state index contributed by atoms with van der Waals surface area (Å²) in [5.74, 6) is 0. The third-order valence-electron chi connectivity index (χ3n) is 2.21. The molecule has 0 aliphatic rings. The highest BCUT2D eigenvalue weighted by Gasteiger charge is 2.07. The van der Waals surface area contributed by atoms with Gasteiger partial charge in [-0.1, -0.05) is 13.0 Å². The molecule has 3 nitrogen and oxygen atoms in total. The third-order valence-corrected chi connectivity index (χ3v) is 2.21. The van der Waals surface area contributed by atoms with Crippen LogP contribution in [0.2, 0.25) is 0 Å². The summed E-state index contributed by atoms with van der Waals surface area (Å²) in [5.41, 5.74) is 0. The highest BCUT2D eigenvalue weighted by atomic mass is 16.5. The van der Waals surface area contributed by atoms with E-state index in [1.54, 1.807) is 7.11 Å². The summed E-state index contributed by atoms with van der Waals surface area (Å²) in [6, 6.07) is 0.472. The summed E-state index contributed by atoms with van der Waals surface area (Å²) in [6.45, 7) is 6.83. The van der Waals surface area contributed by atoms with Crippen LogP contribution >= 0.6 is 0 Å². The van der Waals surface area contributed by atoms with E-state index in [9.17, 15) is 5.11 Å². The molecule has 0 aliphatic heterocycles. The lowest BCUT2D eigenvalue weighted by molar-refractivity contribution is 0.0624. The molecule has 3 heteroatoms. The van der Waals surface area contributed by atoms with Crippen molar-refractivity contribution in [3.63, 3.8) is 0 Å². The Kier molecular flexibility index (Phi) is 8.94. The van der Waals surface area contributed by atoms with Gasteiger partial charge in [0.05, 0.1) is 12.7 Å². The van der Waals surface area contributed by atoms with E-state index >= 15 is 0 Å². The van der Waals surface area contributed by atoms with Gasteiger partial charge in [0.25, 0.3) is 0 Å². The number of methoxy groups -OCH3 is 1. The lowest BCUT2D eigenvalue weighted by Crippen LogP contribution is -2.37. The first-order chi connectivity index (χ1) is 6.74. The molecule has 0 heterocycles. The molecule has 0 saturated heterocycles. The van der Waals surface area contributed by atoms with Crippen molar-refractivity contribution in [2.75, 3.05) is 20.3 Å².